The molecule has 2 rings (SSSR count). The number of hydrogen-bond acceptors (Lipinski definition) is 5. The highest BCUT2D eigenvalue weighted by molar-refractivity contribution is 7.18. The van der Waals surface area contributed by atoms with Crippen LogP contribution in [0.5, 0.6) is 5.88 Å². The summed E-state index contributed by atoms with van der Waals surface area (Å²) in [7, 11) is 0. The number of hydrogen-bond donors (Lipinski definition) is 1. The van der Waals surface area contributed by atoms with E-state index in [0.29, 0.717) is 18.5 Å². The van der Waals surface area contributed by atoms with E-state index in [1.54, 1.807) is 17.7 Å². The van der Waals surface area contributed by atoms with Crippen molar-refractivity contribution in [3.8, 4) is 5.88 Å². The monoisotopic (exact) mass is 265 g/mol. The van der Waals surface area contributed by atoms with Crippen molar-refractivity contribution in [2.75, 3.05) is 13.2 Å². The molecule has 0 saturated carbocycles. The van der Waals surface area contributed by atoms with Gasteiger partial charge in [0.15, 0.2) is 0 Å². The number of rotatable bonds is 5. The smallest absolute Gasteiger partial charge is 0.225 e. The second kappa shape index (κ2) is 5.63. The fourth-order valence-corrected chi connectivity index (χ4v) is 2.74. The fraction of sp³-hybridized carbons (Fsp3) is 0.538. The molecule has 5 heteroatoms. The molecule has 0 aliphatic heterocycles. The number of fused-ring (bicyclic) bond motifs is 1. The van der Waals surface area contributed by atoms with E-state index in [9.17, 15) is 0 Å². The van der Waals surface area contributed by atoms with E-state index in [0.717, 1.165) is 16.8 Å². The molecule has 0 amide bonds. The van der Waals surface area contributed by atoms with Gasteiger partial charge >= 0.3 is 0 Å². The number of nitrogens with zero attached hydrogens (tertiary/aromatic N) is 2. The lowest BCUT2D eigenvalue weighted by molar-refractivity contribution is 0.301. The largest absolute Gasteiger partial charge is 0.476 e. The third-order valence-corrected chi connectivity index (χ3v) is 3.94. The van der Waals surface area contributed by atoms with Crippen LogP contribution in [0.15, 0.2) is 6.33 Å². The van der Waals surface area contributed by atoms with Crippen LogP contribution in [-0.2, 0) is 0 Å². The van der Waals surface area contributed by atoms with Crippen LogP contribution in [0.2, 0.25) is 0 Å². The van der Waals surface area contributed by atoms with E-state index in [2.05, 4.69) is 43.0 Å². The molecule has 4 nitrogen and oxygen atoms in total. The van der Waals surface area contributed by atoms with E-state index in [4.69, 9.17) is 4.74 Å². The van der Waals surface area contributed by atoms with Crippen LogP contribution < -0.4 is 10.1 Å². The number of ether oxygens (including phenoxy) is 1. The average Bonchev–Trinajstić information content (AvgIpc) is 2.61. The van der Waals surface area contributed by atoms with Crippen molar-refractivity contribution in [3.05, 3.63) is 16.8 Å². The molecule has 0 aromatic carbocycles. The summed E-state index contributed by atoms with van der Waals surface area (Å²) >= 11 is 1.69. The van der Waals surface area contributed by atoms with Crippen LogP contribution in [0, 0.1) is 13.8 Å². The molecule has 0 unspecified atom stereocenters. The Labute approximate surface area is 111 Å². The summed E-state index contributed by atoms with van der Waals surface area (Å²) < 4.78 is 5.76. The SMILES string of the molecule is Cc1sc2ncnc(OCCNC(C)C)c2c1C. The summed E-state index contributed by atoms with van der Waals surface area (Å²) in [6.07, 6.45) is 1.57. The minimum Gasteiger partial charge on any atom is -0.476 e. The van der Waals surface area contributed by atoms with Gasteiger partial charge in [0.25, 0.3) is 0 Å². The standard InChI is InChI=1S/C13H19N3OS/c1-8(2)14-5-6-17-12-11-9(3)10(4)18-13(11)16-7-15-12/h7-8,14H,5-6H2,1-4H3. The van der Waals surface area contributed by atoms with E-state index in [1.165, 1.54) is 10.4 Å². The van der Waals surface area contributed by atoms with Crippen molar-refractivity contribution in [1.29, 1.82) is 0 Å². The third-order valence-electron chi connectivity index (χ3n) is 2.82. The van der Waals surface area contributed by atoms with Gasteiger partial charge in [-0.1, -0.05) is 13.8 Å². The van der Waals surface area contributed by atoms with E-state index in [-0.39, 0.29) is 0 Å². The highest BCUT2D eigenvalue weighted by atomic mass is 32.1. The zero-order valence-electron chi connectivity index (χ0n) is 11.3. The Morgan fingerprint density at radius 3 is 2.83 bits per heavy atom. The van der Waals surface area contributed by atoms with Gasteiger partial charge in [0, 0.05) is 17.5 Å². The molecule has 0 aliphatic rings. The Hall–Kier alpha value is -1.20. The Balaban J connectivity index is 2.13. The normalized spacial score (nSPS) is 11.4. The molecule has 18 heavy (non-hydrogen) atoms. The summed E-state index contributed by atoms with van der Waals surface area (Å²) in [6, 6.07) is 0.476. The van der Waals surface area contributed by atoms with Gasteiger partial charge in [-0.3, -0.25) is 0 Å². The first-order chi connectivity index (χ1) is 8.59. The summed E-state index contributed by atoms with van der Waals surface area (Å²) in [5.41, 5.74) is 1.22. The Morgan fingerprint density at radius 2 is 2.11 bits per heavy atom. The van der Waals surface area contributed by atoms with Gasteiger partial charge in [0.1, 0.15) is 17.8 Å². The van der Waals surface area contributed by atoms with Gasteiger partial charge < -0.3 is 10.1 Å². The van der Waals surface area contributed by atoms with Crippen LogP contribution in [0.25, 0.3) is 10.2 Å². The highest BCUT2D eigenvalue weighted by Gasteiger charge is 2.12. The predicted molar refractivity (Wildman–Crippen MR) is 75.5 cm³/mol. The maximum absolute atomic E-state index is 5.76. The van der Waals surface area contributed by atoms with Crippen LogP contribution in [0.3, 0.4) is 0 Å². The van der Waals surface area contributed by atoms with Crippen molar-refractivity contribution in [2.24, 2.45) is 0 Å². The van der Waals surface area contributed by atoms with Gasteiger partial charge in [0.2, 0.25) is 5.88 Å². The molecule has 1 N–H and O–H groups in total. The van der Waals surface area contributed by atoms with Gasteiger partial charge in [-0.15, -0.1) is 11.3 Å². The average molecular weight is 265 g/mol. The molecule has 0 bridgehead atoms. The lowest BCUT2D eigenvalue weighted by Gasteiger charge is -2.09. The summed E-state index contributed by atoms with van der Waals surface area (Å²) in [5.74, 6) is 0.701. The molecular formula is C13H19N3OS. The topological polar surface area (TPSA) is 47.0 Å². The van der Waals surface area contributed by atoms with E-state index >= 15 is 0 Å². The summed E-state index contributed by atoms with van der Waals surface area (Å²) in [6.45, 7) is 9.89. The van der Waals surface area contributed by atoms with Crippen LogP contribution in [0.1, 0.15) is 24.3 Å². The van der Waals surface area contributed by atoms with Crippen molar-refractivity contribution < 1.29 is 4.74 Å². The Kier molecular flexibility index (Phi) is 4.14. The molecule has 0 spiro atoms. The number of thiophene rings is 1. The zero-order chi connectivity index (χ0) is 13.1. The van der Waals surface area contributed by atoms with Crippen molar-refractivity contribution in [2.45, 2.75) is 33.7 Å². The van der Waals surface area contributed by atoms with E-state index in [1.807, 2.05) is 0 Å². The minimum absolute atomic E-state index is 0.476. The van der Waals surface area contributed by atoms with Crippen molar-refractivity contribution in [3.63, 3.8) is 0 Å². The minimum atomic E-state index is 0.476. The lowest BCUT2D eigenvalue weighted by atomic mass is 10.2. The Bertz CT molecular complexity index is 536. The maximum Gasteiger partial charge on any atom is 0.225 e. The van der Waals surface area contributed by atoms with Gasteiger partial charge in [-0.2, -0.15) is 0 Å². The molecule has 2 aromatic rings. The quantitative estimate of drug-likeness (QED) is 0.844. The molecule has 2 aromatic heterocycles. The molecule has 0 atom stereocenters. The lowest BCUT2D eigenvalue weighted by Crippen LogP contribution is -2.27. The van der Waals surface area contributed by atoms with Gasteiger partial charge in [-0.05, 0) is 19.4 Å². The first-order valence-electron chi connectivity index (χ1n) is 6.16. The van der Waals surface area contributed by atoms with Crippen LogP contribution >= 0.6 is 11.3 Å². The third kappa shape index (κ3) is 2.79. The van der Waals surface area contributed by atoms with Gasteiger partial charge in [0.05, 0.1) is 5.39 Å². The summed E-state index contributed by atoms with van der Waals surface area (Å²) in [5, 5.41) is 4.38. The number of aryl methyl sites for hydroxylation is 2. The van der Waals surface area contributed by atoms with Crippen molar-refractivity contribution in [1.82, 2.24) is 15.3 Å². The van der Waals surface area contributed by atoms with Gasteiger partial charge in [-0.25, -0.2) is 9.97 Å². The second-order valence-electron chi connectivity index (χ2n) is 4.60. The fourth-order valence-electron chi connectivity index (χ4n) is 1.75. The first kappa shape index (κ1) is 13.2. The molecule has 0 fully saturated rings. The van der Waals surface area contributed by atoms with Crippen molar-refractivity contribution >= 4 is 21.6 Å². The zero-order valence-corrected chi connectivity index (χ0v) is 12.1. The summed E-state index contributed by atoms with van der Waals surface area (Å²) in [4.78, 5) is 10.8. The predicted octanol–water partition coefficient (Wildman–Crippen LogP) is 2.68. The van der Waals surface area contributed by atoms with Crippen LogP contribution in [0.4, 0.5) is 0 Å². The molecule has 0 radical (unpaired) electrons. The molecule has 2 heterocycles. The molecule has 0 aliphatic carbocycles. The number of aromatic nitrogens is 2. The second-order valence-corrected chi connectivity index (χ2v) is 5.80. The van der Waals surface area contributed by atoms with E-state index < -0.39 is 0 Å². The maximum atomic E-state index is 5.76. The molecular weight excluding hydrogens is 246 g/mol. The number of nitrogens with one attached hydrogen (secondary N) is 1. The molecule has 0 saturated heterocycles. The molecule has 98 valence electrons. The first-order valence-corrected chi connectivity index (χ1v) is 6.98. The highest BCUT2D eigenvalue weighted by Crippen LogP contribution is 2.33. The Morgan fingerprint density at radius 1 is 1.33 bits per heavy atom. The van der Waals surface area contributed by atoms with Crippen LogP contribution in [-0.4, -0.2) is 29.2 Å².